The number of hydrogen-bond acceptors (Lipinski definition) is 3. The minimum Gasteiger partial charge on any atom is -0.350 e. The summed E-state index contributed by atoms with van der Waals surface area (Å²) in [6, 6.07) is 0.346. The lowest BCUT2D eigenvalue weighted by Gasteiger charge is -2.29. The fourth-order valence-electron chi connectivity index (χ4n) is 3.45. The van der Waals surface area contributed by atoms with Crippen LogP contribution in [0.15, 0.2) is 0 Å². The summed E-state index contributed by atoms with van der Waals surface area (Å²) in [6.07, 6.45) is 4.65. The van der Waals surface area contributed by atoms with Gasteiger partial charge >= 0.3 is 0 Å². The summed E-state index contributed by atoms with van der Waals surface area (Å²) in [7, 11) is 0. The van der Waals surface area contributed by atoms with Crippen LogP contribution in [0.2, 0.25) is 0 Å². The summed E-state index contributed by atoms with van der Waals surface area (Å²) < 4.78 is 0. The minimum absolute atomic E-state index is 0.0973. The van der Waals surface area contributed by atoms with E-state index in [4.69, 9.17) is 5.73 Å². The molecule has 2 rings (SSSR count). The number of nitrogens with one attached hydrogen (secondary N) is 1. The van der Waals surface area contributed by atoms with Crippen LogP contribution >= 0.6 is 0 Å². The van der Waals surface area contributed by atoms with Crippen LogP contribution in [0, 0.1) is 11.8 Å². The number of nitrogens with zero attached hydrogens (tertiary/aromatic N) is 1. The van der Waals surface area contributed by atoms with Gasteiger partial charge in [-0.3, -0.25) is 9.69 Å². The molecule has 1 saturated carbocycles. The first-order chi connectivity index (χ1) is 8.91. The average molecular weight is 267 g/mol. The Morgan fingerprint density at radius 3 is 2.74 bits per heavy atom. The number of hydrogen-bond donors (Lipinski definition) is 2. The zero-order valence-corrected chi connectivity index (χ0v) is 12.6. The molecular weight excluding hydrogens is 238 g/mol. The fraction of sp³-hybridized carbons (Fsp3) is 0.933. The van der Waals surface area contributed by atoms with Crippen molar-refractivity contribution in [1.82, 2.24) is 10.2 Å². The molecule has 1 saturated heterocycles. The number of carbonyl (C=O) groups excluding carboxylic acids is 1. The molecular formula is C15H29N3O. The smallest absolute Gasteiger partial charge is 0.234 e. The first kappa shape index (κ1) is 14.8. The molecule has 0 radical (unpaired) electrons. The van der Waals surface area contributed by atoms with E-state index in [9.17, 15) is 4.79 Å². The summed E-state index contributed by atoms with van der Waals surface area (Å²) in [5, 5.41) is 3.11. The van der Waals surface area contributed by atoms with Crippen LogP contribution in [0.25, 0.3) is 0 Å². The number of likely N-dealkylation sites (tertiary alicyclic amines) is 1. The van der Waals surface area contributed by atoms with E-state index in [0.717, 1.165) is 31.8 Å². The van der Waals surface area contributed by atoms with Crippen molar-refractivity contribution in [2.45, 2.75) is 58.0 Å². The Morgan fingerprint density at radius 2 is 2.11 bits per heavy atom. The maximum Gasteiger partial charge on any atom is 0.234 e. The number of amides is 1. The standard InChI is InChI=1S/C15H29N3O/c1-4-15(2,3)17-14(19)10-18-8-11-6-5-7-13(16)12(11)9-18/h11-13H,4-10,16H2,1-3H3,(H,17,19). The highest BCUT2D eigenvalue weighted by molar-refractivity contribution is 5.78. The molecule has 1 heterocycles. The summed E-state index contributed by atoms with van der Waals surface area (Å²) in [5.41, 5.74) is 6.11. The van der Waals surface area contributed by atoms with Crippen LogP contribution in [0.1, 0.15) is 46.5 Å². The molecule has 4 heteroatoms. The van der Waals surface area contributed by atoms with Crippen molar-refractivity contribution in [3.63, 3.8) is 0 Å². The Labute approximate surface area is 117 Å². The molecule has 3 N–H and O–H groups in total. The third kappa shape index (κ3) is 3.69. The lowest BCUT2D eigenvalue weighted by molar-refractivity contribution is -0.123. The molecule has 1 amide bonds. The Balaban J connectivity index is 1.83. The maximum absolute atomic E-state index is 12.1. The van der Waals surface area contributed by atoms with E-state index in [1.165, 1.54) is 12.8 Å². The van der Waals surface area contributed by atoms with Gasteiger partial charge in [0.15, 0.2) is 0 Å². The van der Waals surface area contributed by atoms with E-state index >= 15 is 0 Å². The largest absolute Gasteiger partial charge is 0.350 e. The Morgan fingerprint density at radius 1 is 1.37 bits per heavy atom. The van der Waals surface area contributed by atoms with Gasteiger partial charge in [0.25, 0.3) is 0 Å². The van der Waals surface area contributed by atoms with E-state index in [0.29, 0.717) is 18.5 Å². The lowest BCUT2D eigenvalue weighted by atomic mass is 9.78. The van der Waals surface area contributed by atoms with Crippen LogP contribution in [0.4, 0.5) is 0 Å². The van der Waals surface area contributed by atoms with Crippen LogP contribution in [-0.2, 0) is 4.79 Å². The van der Waals surface area contributed by atoms with Crippen LogP contribution < -0.4 is 11.1 Å². The van der Waals surface area contributed by atoms with Crippen LogP contribution in [0.5, 0.6) is 0 Å². The molecule has 3 unspecified atom stereocenters. The number of rotatable bonds is 4. The van der Waals surface area contributed by atoms with Crippen molar-refractivity contribution in [3.05, 3.63) is 0 Å². The van der Waals surface area contributed by atoms with Gasteiger partial charge in [-0.15, -0.1) is 0 Å². The first-order valence-corrected chi connectivity index (χ1v) is 7.70. The van der Waals surface area contributed by atoms with Crippen LogP contribution in [0.3, 0.4) is 0 Å². The second-order valence-corrected chi connectivity index (χ2v) is 7.00. The third-order valence-corrected chi connectivity index (χ3v) is 4.96. The predicted octanol–water partition coefficient (Wildman–Crippen LogP) is 1.35. The van der Waals surface area contributed by atoms with Gasteiger partial charge in [-0.2, -0.15) is 0 Å². The lowest BCUT2D eigenvalue weighted by Crippen LogP contribution is -2.47. The first-order valence-electron chi connectivity index (χ1n) is 7.70. The van der Waals surface area contributed by atoms with Gasteiger partial charge in [-0.05, 0) is 44.9 Å². The van der Waals surface area contributed by atoms with Gasteiger partial charge in [0.05, 0.1) is 6.54 Å². The quantitative estimate of drug-likeness (QED) is 0.808. The molecule has 0 aromatic rings. The molecule has 0 aromatic heterocycles. The summed E-state index contributed by atoms with van der Waals surface area (Å²) in [4.78, 5) is 14.4. The van der Waals surface area contributed by atoms with Crippen molar-refractivity contribution in [2.75, 3.05) is 19.6 Å². The summed E-state index contributed by atoms with van der Waals surface area (Å²) in [6.45, 7) is 8.84. The topological polar surface area (TPSA) is 58.4 Å². The average Bonchev–Trinajstić information content (AvgIpc) is 2.72. The molecule has 0 bridgehead atoms. The van der Waals surface area contributed by atoms with Crippen molar-refractivity contribution in [1.29, 1.82) is 0 Å². The van der Waals surface area contributed by atoms with Crippen molar-refractivity contribution < 1.29 is 4.79 Å². The fourth-order valence-corrected chi connectivity index (χ4v) is 3.45. The van der Waals surface area contributed by atoms with E-state index in [1.807, 2.05) is 0 Å². The molecule has 0 aromatic carbocycles. The Hall–Kier alpha value is -0.610. The number of fused-ring (bicyclic) bond motifs is 1. The van der Waals surface area contributed by atoms with Crippen molar-refractivity contribution >= 4 is 5.91 Å². The molecule has 2 fully saturated rings. The summed E-state index contributed by atoms with van der Waals surface area (Å²) >= 11 is 0. The molecule has 0 spiro atoms. The van der Waals surface area contributed by atoms with Crippen LogP contribution in [-0.4, -0.2) is 42.0 Å². The zero-order chi connectivity index (χ0) is 14.0. The molecule has 19 heavy (non-hydrogen) atoms. The molecule has 110 valence electrons. The second-order valence-electron chi connectivity index (χ2n) is 7.00. The highest BCUT2D eigenvalue weighted by Crippen LogP contribution is 2.35. The van der Waals surface area contributed by atoms with Crippen molar-refractivity contribution in [3.8, 4) is 0 Å². The molecule has 4 nitrogen and oxygen atoms in total. The Bertz CT molecular complexity index is 329. The normalized spacial score (nSPS) is 32.1. The molecule has 3 atom stereocenters. The monoisotopic (exact) mass is 267 g/mol. The number of carbonyl (C=O) groups is 1. The second kappa shape index (κ2) is 5.80. The molecule has 1 aliphatic carbocycles. The predicted molar refractivity (Wildman–Crippen MR) is 77.8 cm³/mol. The van der Waals surface area contributed by atoms with Crippen molar-refractivity contribution in [2.24, 2.45) is 17.6 Å². The zero-order valence-electron chi connectivity index (χ0n) is 12.6. The highest BCUT2D eigenvalue weighted by Gasteiger charge is 2.39. The van der Waals surface area contributed by atoms with E-state index in [2.05, 4.69) is 31.0 Å². The van der Waals surface area contributed by atoms with Gasteiger partial charge in [-0.1, -0.05) is 13.3 Å². The van der Waals surface area contributed by atoms with Gasteiger partial charge in [0.1, 0.15) is 0 Å². The van der Waals surface area contributed by atoms with Gasteiger partial charge in [-0.25, -0.2) is 0 Å². The molecule has 1 aliphatic heterocycles. The maximum atomic E-state index is 12.1. The van der Waals surface area contributed by atoms with Gasteiger partial charge in [0, 0.05) is 24.7 Å². The molecule has 2 aliphatic rings. The van der Waals surface area contributed by atoms with E-state index in [1.54, 1.807) is 0 Å². The van der Waals surface area contributed by atoms with E-state index in [-0.39, 0.29) is 11.4 Å². The van der Waals surface area contributed by atoms with E-state index < -0.39 is 0 Å². The minimum atomic E-state index is -0.0973. The summed E-state index contributed by atoms with van der Waals surface area (Å²) in [5.74, 6) is 1.48. The Kier molecular flexibility index (Phi) is 4.51. The SMILES string of the molecule is CCC(C)(C)NC(=O)CN1CC2CCCC(N)C2C1. The van der Waals surface area contributed by atoms with Gasteiger partial charge in [0.2, 0.25) is 5.91 Å². The highest BCUT2D eigenvalue weighted by atomic mass is 16.2. The van der Waals surface area contributed by atoms with Gasteiger partial charge < -0.3 is 11.1 Å². The third-order valence-electron chi connectivity index (χ3n) is 4.96. The number of nitrogens with two attached hydrogens (primary N) is 1.